The smallest absolute Gasteiger partial charge is 0.324 e. The minimum Gasteiger partial charge on any atom is -0.480 e. The van der Waals surface area contributed by atoms with Crippen LogP contribution in [0.25, 0.3) is 0 Å². The Balaban J connectivity index is 2.32. The molecule has 0 spiro atoms. The molecule has 1 heterocycles. The molecule has 1 aromatic rings. The summed E-state index contributed by atoms with van der Waals surface area (Å²) in [6.07, 6.45) is 3.26. The van der Waals surface area contributed by atoms with Gasteiger partial charge in [0.2, 0.25) is 0 Å². The van der Waals surface area contributed by atoms with Crippen molar-refractivity contribution in [2.75, 3.05) is 6.54 Å². The molecule has 1 aliphatic heterocycles. The lowest BCUT2D eigenvalue weighted by Crippen LogP contribution is -2.51. The lowest BCUT2D eigenvalue weighted by atomic mass is 9.89. The summed E-state index contributed by atoms with van der Waals surface area (Å²) in [7, 11) is 0. The molecule has 0 radical (unpaired) electrons. The molecule has 1 aliphatic rings. The average Bonchev–Trinajstić information content (AvgIpc) is 2.83. The van der Waals surface area contributed by atoms with Gasteiger partial charge in [-0.05, 0) is 50.4 Å². The van der Waals surface area contributed by atoms with Crippen molar-refractivity contribution >= 4 is 17.6 Å². The molecule has 0 aromatic heterocycles. The first-order valence-electron chi connectivity index (χ1n) is 7.27. The predicted molar refractivity (Wildman–Crippen MR) is 81.1 cm³/mol. The van der Waals surface area contributed by atoms with E-state index in [1.54, 1.807) is 0 Å². The molecule has 1 aromatic carbocycles. The van der Waals surface area contributed by atoms with E-state index in [1.807, 2.05) is 31.2 Å². The van der Waals surface area contributed by atoms with Gasteiger partial charge >= 0.3 is 5.97 Å². The van der Waals surface area contributed by atoms with Gasteiger partial charge in [0, 0.05) is 11.1 Å². The summed E-state index contributed by atoms with van der Waals surface area (Å²) in [6, 6.07) is 7.79. The van der Waals surface area contributed by atoms with Gasteiger partial charge in [0.15, 0.2) is 0 Å². The molecule has 4 heteroatoms. The molecule has 1 saturated heterocycles. The van der Waals surface area contributed by atoms with Crippen molar-refractivity contribution in [3.8, 4) is 0 Å². The minimum absolute atomic E-state index is 0.0684. The number of aliphatic carboxylic acids is 1. The third-order valence-corrected chi connectivity index (χ3v) is 4.63. The molecular weight excluding hydrogens is 274 g/mol. The predicted octanol–water partition coefficient (Wildman–Crippen LogP) is 4.12. The van der Waals surface area contributed by atoms with E-state index in [1.165, 1.54) is 0 Å². The average molecular weight is 296 g/mol. The zero-order valence-corrected chi connectivity index (χ0v) is 12.9. The molecule has 2 atom stereocenters. The van der Waals surface area contributed by atoms with Crippen LogP contribution in [0.5, 0.6) is 0 Å². The summed E-state index contributed by atoms with van der Waals surface area (Å²) in [5, 5.41) is 10.4. The molecule has 20 heavy (non-hydrogen) atoms. The van der Waals surface area contributed by atoms with Crippen LogP contribution in [0.1, 0.15) is 51.1 Å². The van der Waals surface area contributed by atoms with Crippen LogP contribution >= 0.6 is 11.6 Å². The third kappa shape index (κ3) is 2.70. The van der Waals surface area contributed by atoms with Crippen molar-refractivity contribution < 1.29 is 9.90 Å². The lowest BCUT2D eigenvalue weighted by Gasteiger charge is -2.39. The molecule has 2 rings (SSSR count). The monoisotopic (exact) mass is 295 g/mol. The Morgan fingerprint density at radius 1 is 1.55 bits per heavy atom. The number of halogens is 1. The van der Waals surface area contributed by atoms with Gasteiger partial charge in [-0.2, -0.15) is 0 Å². The van der Waals surface area contributed by atoms with Gasteiger partial charge in [-0.15, -0.1) is 0 Å². The van der Waals surface area contributed by atoms with Crippen LogP contribution in [0.4, 0.5) is 0 Å². The van der Waals surface area contributed by atoms with E-state index in [0.29, 0.717) is 11.4 Å². The first kappa shape index (κ1) is 15.3. The van der Waals surface area contributed by atoms with Gasteiger partial charge in [0.1, 0.15) is 5.54 Å². The van der Waals surface area contributed by atoms with Crippen molar-refractivity contribution in [2.24, 2.45) is 0 Å². The van der Waals surface area contributed by atoms with Crippen LogP contribution < -0.4 is 0 Å². The summed E-state index contributed by atoms with van der Waals surface area (Å²) < 4.78 is 0. The van der Waals surface area contributed by atoms with Crippen molar-refractivity contribution in [3.05, 3.63) is 34.9 Å². The molecular formula is C16H22ClNO2. The maximum atomic E-state index is 11.9. The SMILES string of the molecule is CCCC1(C(=O)O)CCCN1C(C)c1cccc(Cl)c1. The summed E-state index contributed by atoms with van der Waals surface area (Å²) >= 11 is 6.06. The van der Waals surface area contributed by atoms with Crippen molar-refractivity contribution in [1.29, 1.82) is 0 Å². The number of likely N-dealkylation sites (tertiary alicyclic amines) is 1. The normalized spacial score (nSPS) is 24.8. The van der Waals surface area contributed by atoms with E-state index in [0.717, 1.165) is 31.4 Å². The number of benzene rings is 1. The van der Waals surface area contributed by atoms with Gasteiger partial charge in [0.05, 0.1) is 0 Å². The highest BCUT2D eigenvalue weighted by atomic mass is 35.5. The Morgan fingerprint density at radius 3 is 2.90 bits per heavy atom. The quantitative estimate of drug-likeness (QED) is 0.888. The maximum absolute atomic E-state index is 11.9. The number of carboxylic acid groups (broad SMARTS) is 1. The standard InChI is InChI=1S/C16H22ClNO2/c1-3-8-16(15(19)20)9-5-10-18(16)12(2)13-6-4-7-14(17)11-13/h4,6-7,11-12H,3,5,8-10H2,1-2H3,(H,19,20). The molecule has 0 aliphatic carbocycles. The first-order valence-corrected chi connectivity index (χ1v) is 7.64. The second kappa shape index (κ2) is 6.15. The number of rotatable bonds is 5. The minimum atomic E-state index is -0.712. The van der Waals surface area contributed by atoms with E-state index < -0.39 is 11.5 Å². The third-order valence-electron chi connectivity index (χ3n) is 4.40. The highest BCUT2D eigenvalue weighted by Gasteiger charge is 2.48. The second-order valence-corrected chi connectivity index (χ2v) is 6.05. The second-order valence-electron chi connectivity index (χ2n) is 5.61. The molecule has 2 unspecified atom stereocenters. The fourth-order valence-corrected chi connectivity index (χ4v) is 3.63. The van der Waals surface area contributed by atoms with Gasteiger partial charge in [0.25, 0.3) is 0 Å². The van der Waals surface area contributed by atoms with Crippen LogP contribution in [-0.4, -0.2) is 28.1 Å². The molecule has 0 bridgehead atoms. The highest BCUT2D eigenvalue weighted by Crippen LogP contribution is 2.40. The Hall–Kier alpha value is -1.06. The zero-order chi connectivity index (χ0) is 14.8. The van der Waals surface area contributed by atoms with Crippen LogP contribution in [0.15, 0.2) is 24.3 Å². The molecule has 3 nitrogen and oxygen atoms in total. The Labute approximate surface area is 125 Å². The van der Waals surface area contributed by atoms with Gasteiger partial charge < -0.3 is 5.11 Å². The fraction of sp³-hybridized carbons (Fsp3) is 0.562. The summed E-state index contributed by atoms with van der Waals surface area (Å²) in [4.78, 5) is 14.0. The summed E-state index contributed by atoms with van der Waals surface area (Å²) in [6.45, 7) is 4.95. The van der Waals surface area contributed by atoms with E-state index in [2.05, 4.69) is 11.8 Å². The van der Waals surface area contributed by atoms with Crippen LogP contribution in [0.3, 0.4) is 0 Å². The van der Waals surface area contributed by atoms with Gasteiger partial charge in [-0.3, -0.25) is 9.69 Å². The van der Waals surface area contributed by atoms with E-state index in [-0.39, 0.29) is 6.04 Å². The number of nitrogens with zero attached hydrogens (tertiary/aromatic N) is 1. The van der Waals surface area contributed by atoms with Gasteiger partial charge in [-0.25, -0.2) is 0 Å². The topological polar surface area (TPSA) is 40.5 Å². The number of carboxylic acids is 1. The lowest BCUT2D eigenvalue weighted by molar-refractivity contribution is -0.151. The van der Waals surface area contributed by atoms with Crippen LogP contribution in [-0.2, 0) is 4.79 Å². The zero-order valence-electron chi connectivity index (χ0n) is 12.1. The number of carbonyl (C=O) groups is 1. The van der Waals surface area contributed by atoms with E-state index >= 15 is 0 Å². The largest absolute Gasteiger partial charge is 0.480 e. The van der Waals surface area contributed by atoms with E-state index in [9.17, 15) is 9.90 Å². The van der Waals surface area contributed by atoms with Crippen molar-refractivity contribution in [3.63, 3.8) is 0 Å². The van der Waals surface area contributed by atoms with Crippen molar-refractivity contribution in [1.82, 2.24) is 4.90 Å². The van der Waals surface area contributed by atoms with Crippen molar-refractivity contribution in [2.45, 2.75) is 51.1 Å². The summed E-state index contributed by atoms with van der Waals surface area (Å²) in [5.41, 5.74) is 0.373. The molecule has 1 N–H and O–H groups in total. The highest BCUT2D eigenvalue weighted by molar-refractivity contribution is 6.30. The molecule has 0 amide bonds. The summed E-state index contributed by atoms with van der Waals surface area (Å²) in [5.74, 6) is -0.689. The molecule has 0 saturated carbocycles. The fourth-order valence-electron chi connectivity index (χ4n) is 3.43. The molecule has 1 fully saturated rings. The first-order chi connectivity index (χ1) is 9.51. The Kier molecular flexibility index (Phi) is 4.71. The van der Waals surface area contributed by atoms with Crippen LogP contribution in [0, 0.1) is 0 Å². The van der Waals surface area contributed by atoms with Gasteiger partial charge in [-0.1, -0.05) is 37.1 Å². The Morgan fingerprint density at radius 2 is 2.30 bits per heavy atom. The number of hydrogen-bond acceptors (Lipinski definition) is 2. The van der Waals surface area contributed by atoms with E-state index in [4.69, 9.17) is 11.6 Å². The van der Waals surface area contributed by atoms with Crippen LogP contribution in [0.2, 0.25) is 5.02 Å². The Bertz CT molecular complexity index is 491. The molecule has 110 valence electrons. The maximum Gasteiger partial charge on any atom is 0.324 e. The number of hydrogen-bond donors (Lipinski definition) is 1.